The number of amides is 1. The van der Waals surface area contributed by atoms with E-state index in [1.807, 2.05) is 41.8 Å². The van der Waals surface area contributed by atoms with Crippen molar-refractivity contribution < 1.29 is 14.3 Å². The molecule has 150 valence electrons. The Kier molecular flexibility index (Phi) is 4.39. The van der Waals surface area contributed by atoms with Gasteiger partial charge >= 0.3 is 5.97 Å². The number of carbonyl (C=O) groups is 2. The molecule has 5 heteroatoms. The van der Waals surface area contributed by atoms with Crippen molar-refractivity contribution in [2.45, 2.75) is 38.7 Å². The summed E-state index contributed by atoms with van der Waals surface area (Å²) in [6.45, 7) is 4.47. The lowest BCUT2D eigenvalue weighted by atomic mass is 9.58. The van der Waals surface area contributed by atoms with Gasteiger partial charge < -0.3 is 10.1 Å². The minimum absolute atomic E-state index is 0.0262. The number of benzene rings is 1. The van der Waals surface area contributed by atoms with Crippen LogP contribution < -0.4 is 5.32 Å². The van der Waals surface area contributed by atoms with E-state index in [2.05, 4.69) is 31.3 Å². The topological polar surface area (TPSA) is 55.4 Å². The second-order valence-electron chi connectivity index (χ2n) is 9.24. The molecule has 1 saturated heterocycles. The van der Waals surface area contributed by atoms with Crippen molar-refractivity contribution in [2.24, 2.45) is 23.2 Å². The number of carbonyl (C=O) groups excluding carboxylic acids is 2. The predicted octanol–water partition coefficient (Wildman–Crippen LogP) is 5.00. The number of hydrogen-bond donors (Lipinski definition) is 1. The Balaban J connectivity index is 1.57. The minimum atomic E-state index is -0.457. The standard InChI is InChI=1S/C24H25NO3S/c1-24(2)12-14-11-16(18-9-6-10-29-18)20(21-19(14)17(13-24)28-23(21)27)22(26)25-15-7-4-3-5-8-15/h3-11,16-17,19-21H,12-13H2,1-2H3,(H,25,26)/t16-,17-,19+,20+,21-/m0/s1. The summed E-state index contributed by atoms with van der Waals surface area (Å²) in [6.07, 6.45) is 3.97. The second kappa shape index (κ2) is 6.84. The van der Waals surface area contributed by atoms with E-state index in [-0.39, 0.29) is 35.2 Å². The smallest absolute Gasteiger partial charge is 0.310 e. The molecular formula is C24H25NO3S. The third-order valence-electron chi connectivity index (χ3n) is 6.57. The van der Waals surface area contributed by atoms with Crippen molar-refractivity contribution in [1.82, 2.24) is 0 Å². The van der Waals surface area contributed by atoms with Gasteiger partial charge in [0, 0.05) is 22.4 Å². The average Bonchev–Trinajstić information content (AvgIpc) is 3.30. The zero-order valence-electron chi connectivity index (χ0n) is 16.6. The molecule has 3 aliphatic rings. The average molecular weight is 408 g/mol. The summed E-state index contributed by atoms with van der Waals surface area (Å²) < 4.78 is 5.85. The van der Waals surface area contributed by atoms with Crippen LogP contribution in [-0.2, 0) is 14.3 Å². The van der Waals surface area contributed by atoms with Gasteiger partial charge in [-0.25, -0.2) is 0 Å². The second-order valence-corrected chi connectivity index (χ2v) is 10.2. The van der Waals surface area contributed by atoms with Crippen molar-refractivity contribution in [2.75, 3.05) is 5.32 Å². The van der Waals surface area contributed by atoms with Gasteiger partial charge in [0.25, 0.3) is 0 Å². The van der Waals surface area contributed by atoms with Gasteiger partial charge in [-0.1, -0.05) is 49.8 Å². The molecule has 5 atom stereocenters. The van der Waals surface area contributed by atoms with Gasteiger partial charge in [-0.3, -0.25) is 9.59 Å². The predicted molar refractivity (Wildman–Crippen MR) is 114 cm³/mol. The summed E-state index contributed by atoms with van der Waals surface area (Å²) in [5.41, 5.74) is 2.15. The molecule has 5 rings (SSSR count). The van der Waals surface area contributed by atoms with E-state index in [4.69, 9.17) is 4.74 Å². The van der Waals surface area contributed by atoms with Gasteiger partial charge in [0.2, 0.25) is 5.91 Å². The molecule has 0 bridgehead atoms. The molecule has 0 radical (unpaired) electrons. The quantitative estimate of drug-likeness (QED) is 0.575. The highest BCUT2D eigenvalue weighted by atomic mass is 32.1. The van der Waals surface area contributed by atoms with E-state index in [0.717, 1.165) is 23.4 Å². The number of allylic oxidation sites excluding steroid dienone is 1. The number of ether oxygens (including phenoxy) is 1. The van der Waals surface area contributed by atoms with E-state index in [9.17, 15) is 9.59 Å². The van der Waals surface area contributed by atoms with E-state index in [0.29, 0.717) is 0 Å². The minimum Gasteiger partial charge on any atom is -0.461 e. The monoisotopic (exact) mass is 407 g/mol. The van der Waals surface area contributed by atoms with Gasteiger partial charge in [0.05, 0.1) is 11.8 Å². The van der Waals surface area contributed by atoms with Crippen LogP contribution in [0.1, 0.15) is 37.5 Å². The molecular weight excluding hydrogens is 382 g/mol. The molecule has 0 spiro atoms. The van der Waals surface area contributed by atoms with Crippen molar-refractivity contribution >= 4 is 28.9 Å². The number of thiophene rings is 1. The molecule has 1 saturated carbocycles. The highest BCUT2D eigenvalue weighted by molar-refractivity contribution is 7.10. The van der Waals surface area contributed by atoms with Crippen LogP contribution >= 0.6 is 11.3 Å². The highest BCUT2D eigenvalue weighted by Crippen LogP contribution is 2.57. The third kappa shape index (κ3) is 3.21. The first-order valence-electron chi connectivity index (χ1n) is 10.2. The lowest BCUT2D eigenvalue weighted by Gasteiger charge is -2.44. The van der Waals surface area contributed by atoms with E-state index in [1.54, 1.807) is 11.3 Å². The molecule has 1 N–H and O–H groups in total. The summed E-state index contributed by atoms with van der Waals surface area (Å²) in [4.78, 5) is 27.6. The lowest BCUT2D eigenvalue weighted by Crippen LogP contribution is -2.45. The molecule has 2 fully saturated rings. The Hall–Kier alpha value is -2.40. The van der Waals surface area contributed by atoms with Crippen molar-refractivity contribution in [3.05, 3.63) is 64.4 Å². The van der Waals surface area contributed by atoms with Crippen LogP contribution in [0.5, 0.6) is 0 Å². The third-order valence-corrected chi connectivity index (χ3v) is 7.55. The Morgan fingerprint density at radius 3 is 2.66 bits per heavy atom. The van der Waals surface area contributed by atoms with Gasteiger partial charge in [-0.15, -0.1) is 11.3 Å². The summed E-state index contributed by atoms with van der Waals surface area (Å²) in [5.74, 6) is -1.25. The van der Waals surface area contributed by atoms with E-state index in [1.165, 1.54) is 5.57 Å². The fraction of sp³-hybridized carbons (Fsp3) is 0.417. The van der Waals surface area contributed by atoms with Crippen LogP contribution in [0.2, 0.25) is 0 Å². The van der Waals surface area contributed by atoms with Crippen molar-refractivity contribution in [3.63, 3.8) is 0 Å². The fourth-order valence-electron chi connectivity index (χ4n) is 5.52. The molecule has 1 amide bonds. The first-order chi connectivity index (χ1) is 13.9. The van der Waals surface area contributed by atoms with Crippen molar-refractivity contribution in [1.29, 1.82) is 0 Å². The van der Waals surface area contributed by atoms with Gasteiger partial charge in [-0.05, 0) is 41.8 Å². The summed E-state index contributed by atoms with van der Waals surface area (Å²) >= 11 is 1.65. The maximum absolute atomic E-state index is 13.5. The van der Waals surface area contributed by atoms with Gasteiger partial charge in [0.1, 0.15) is 6.10 Å². The first-order valence-corrected chi connectivity index (χ1v) is 11.1. The van der Waals surface area contributed by atoms with Crippen LogP contribution in [0, 0.1) is 23.2 Å². The van der Waals surface area contributed by atoms with Crippen molar-refractivity contribution in [3.8, 4) is 0 Å². The molecule has 2 heterocycles. The molecule has 1 aliphatic heterocycles. The molecule has 1 aromatic carbocycles. The van der Waals surface area contributed by atoms with E-state index >= 15 is 0 Å². The van der Waals surface area contributed by atoms with Crippen LogP contribution in [0.3, 0.4) is 0 Å². The number of anilines is 1. The van der Waals surface area contributed by atoms with E-state index < -0.39 is 11.8 Å². The fourth-order valence-corrected chi connectivity index (χ4v) is 6.36. The van der Waals surface area contributed by atoms with Crippen LogP contribution in [0.25, 0.3) is 0 Å². The SMILES string of the molecule is CC1(C)CC2=C[C@@H](c3cccs3)[C@@H](C(=O)Nc3ccccc3)[C@H]3C(=O)O[C@@H](C1)[C@@H]23. The molecule has 1 aromatic heterocycles. The van der Waals surface area contributed by atoms with Crippen LogP contribution in [0.15, 0.2) is 59.5 Å². The molecule has 0 unspecified atom stereocenters. The molecule has 29 heavy (non-hydrogen) atoms. The summed E-state index contributed by atoms with van der Waals surface area (Å²) in [7, 11) is 0. The molecule has 4 nitrogen and oxygen atoms in total. The number of rotatable bonds is 3. The molecule has 2 aliphatic carbocycles. The Morgan fingerprint density at radius 2 is 1.93 bits per heavy atom. The number of nitrogens with one attached hydrogen (secondary N) is 1. The summed E-state index contributed by atoms with van der Waals surface area (Å²) in [5, 5.41) is 5.08. The maximum Gasteiger partial charge on any atom is 0.310 e. The largest absolute Gasteiger partial charge is 0.461 e. The normalized spacial score (nSPS) is 32.1. The first kappa shape index (κ1) is 18.6. The van der Waals surface area contributed by atoms with Gasteiger partial charge in [-0.2, -0.15) is 0 Å². The Labute approximate surface area is 175 Å². The zero-order chi connectivity index (χ0) is 20.2. The summed E-state index contributed by atoms with van der Waals surface area (Å²) in [6, 6.07) is 13.5. The Morgan fingerprint density at radius 1 is 1.14 bits per heavy atom. The highest BCUT2D eigenvalue weighted by Gasteiger charge is 2.59. The van der Waals surface area contributed by atoms with Gasteiger partial charge in [0.15, 0.2) is 0 Å². The number of para-hydroxylation sites is 1. The number of esters is 1. The van der Waals surface area contributed by atoms with Crippen LogP contribution in [-0.4, -0.2) is 18.0 Å². The number of hydrogen-bond acceptors (Lipinski definition) is 4. The lowest BCUT2D eigenvalue weighted by molar-refractivity contribution is -0.148. The zero-order valence-corrected chi connectivity index (χ0v) is 17.4. The maximum atomic E-state index is 13.5. The Bertz CT molecular complexity index is 963. The van der Waals surface area contributed by atoms with Crippen LogP contribution in [0.4, 0.5) is 5.69 Å². The molecule has 2 aromatic rings.